The maximum absolute atomic E-state index is 11.7. The fraction of sp³-hybridized carbons (Fsp3) is 0.0667. The van der Waals surface area contributed by atoms with E-state index in [1.807, 2.05) is 0 Å². The van der Waals surface area contributed by atoms with E-state index in [1.54, 1.807) is 0 Å². The maximum Gasteiger partial charge on any atom is 0.387 e. The van der Waals surface area contributed by atoms with Gasteiger partial charge in [-0.3, -0.25) is 9.59 Å². The minimum absolute atomic E-state index is 0.194. The van der Waals surface area contributed by atoms with Gasteiger partial charge in [-0.1, -0.05) is 0 Å². The molecule has 6 nitrogen and oxygen atoms in total. The van der Waals surface area contributed by atoms with Crippen LogP contribution in [0.2, 0.25) is 0 Å². The van der Waals surface area contributed by atoms with Crippen molar-refractivity contribution in [2.24, 2.45) is 0 Å². The number of hydrogen-bond acceptors (Lipinski definition) is 6. The summed E-state index contributed by atoms with van der Waals surface area (Å²) < 4.78 is 27.3. The molecule has 0 aliphatic rings. The zero-order valence-corrected chi connectivity index (χ0v) is 11.5. The summed E-state index contributed by atoms with van der Waals surface area (Å²) in [6.07, 6.45) is 1.09. The fourth-order valence-electron chi connectivity index (χ4n) is 1.42. The topological polar surface area (TPSA) is 104 Å². The zero-order chi connectivity index (χ0) is 17.4. The van der Waals surface area contributed by atoms with Crippen molar-refractivity contribution in [2.75, 3.05) is 0 Å². The number of phenolic OH excluding ortho intramolecular Hbond substituents is 3. The van der Waals surface area contributed by atoms with Crippen molar-refractivity contribution in [3.05, 3.63) is 47.5 Å². The predicted molar refractivity (Wildman–Crippen MR) is 75.3 cm³/mol. The molecule has 0 aromatic heterocycles. The average molecular weight is 326 g/mol. The molecule has 0 saturated heterocycles. The lowest BCUT2D eigenvalue weighted by atomic mass is 10.2. The second kappa shape index (κ2) is 8.32. The Morgan fingerprint density at radius 3 is 1.78 bits per heavy atom. The highest BCUT2D eigenvalue weighted by molar-refractivity contribution is 5.76. The highest BCUT2D eigenvalue weighted by Crippen LogP contribution is 2.27. The summed E-state index contributed by atoms with van der Waals surface area (Å²) in [6, 6.07) is 7.30. The van der Waals surface area contributed by atoms with Crippen LogP contribution < -0.4 is 4.74 Å². The Morgan fingerprint density at radius 1 is 0.826 bits per heavy atom. The molecule has 0 amide bonds. The van der Waals surface area contributed by atoms with Crippen molar-refractivity contribution in [3.8, 4) is 23.0 Å². The van der Waals surface area contributed by atoms with Crippen molar-refractivity contribution in [3.63, 3.8) is 0 Å². The number of hydrogen-bond donors (Lipinski definition) is 3. The van der Waals surface area contributed by atoms with E-state index < -0.39 is 12.4 Å². The van der Waals surface area contributed by atoms with Gasteiger partial charge in [0.25, 0.3) is 0 Å². The molecule has 0 radical (unpaired) electrons. The van der Waals surface area contributed by atoms with E-state index in [0.29, 0.717) is 18.1 Å². The number of ether oxygens (including phenoxy) is 1. The van der Waals surface area contributed by atoms with Gasteiger partial charge >= 0.3 is 6.61 Å². The van der Waals surface area contributed by atoms with Crippen LogP contribution >= 0.6 is 0 Å². The molecule has 0 heterocycles. The summed E-state index contributed by atoms with van der Waals surface area (Å²) in [7, 11) is 0. The number of aldehydes is 2. The van der Waals surface area contributed by atoms with Crippen LogP contribution in [0.15, 0.2) is 36.4 Å². The second-order valence-corrected chi connectivity index (χ2v) is 4.09. The Kier molecular flexibility index (Phi) is 6.47. The molecule has 0 atom stereocenters. The van der Waals surface area contributed by atoms with E-state index in [-0.39, 0.29) is 22.8 Å². The van der Waals surface area contributed by atoms with Crippen LogP contribution in [0.3, 0.4) is 0 Å². The van der Waals surface area contributed by atoms with Crippen molar-refractivity contribution < 1.29 is 38.4 Å². The van der Waals surface area contributed by atoms with E-state index in [4.69, 9.17) is 15.3 Å². The van der Waals surface area contributed by atoms with Gasteiger partial charge < -0.3 is 20.1 Å². The lowest BCUT2D eigenvalue weighted by Gasteiger charge is -2.05. The molecule has 2 rings (SSSR count). The van der Waals surface area contributed by atoms with Crippen LogP contribution in [0, 0.1) is 0 Å². The van der Waals surface area contributed by atoms with E-state index in [9.17, 15) is 18.4 Å². The number of carbonyl (C=O) groups excluding carboxylic acids is 2. The third kappa shape index (κ3) is 5.62. The third-order valence-electron chi connectivity index (χ3n) is 2.47. The first kappa shape index (κ1) is 17.9. The summed E-state index contributed by atoms with van der Waals surface area (Å²) in [5.41, 5.74) is 0.536. The number of rotatable bonds is 4. The van der Waals surface area contributed by atoms with E-state index in [2.05, 4.69) is 4.74 Å². The molecule has 23 heavy (non-hydrogen) atoms. The Balaban J connectivity index is 0.000000238. The van der Waals surface area contributed by atoms with Crippen LogP contribution in [0.4, 0.5) is 8.78 Å². The Hall–Kier alpha value is -3.16. The van der Waals surface area contributed by atoms with Gasteiger partial charge in [-0.15, -0.1) is 0 Å². The van der Waals surface area contributed by atoms with Crippen molar-refractivity contribution >= 4 is 12.6 Å². The quantitative estimate of drug-likeness (QED) is 0.589. The molecule has 0 fully saturated rings. The van der Waals surface area contributed by atoms with Crippen molar-refractivity contribution in [1.82, 2.24) is 0 Å². The van der Waals surface area contributed by atoms with Crippen LogP contribution in [0.5, 0.6) is 23.0 Å². The first-order valence-electron chi connectivity index (χ1n) is 6.07. The van der Waals surface area contributed by atoms with Crippen LogP contribution in [-0.4, -0.2) is 34.5 Å². The Morgan fingerprint density at radius 2 is 1.35 bits per heavy atom. The monoisotopic (exact) mass is 326 g/mol. The summed E-state index contributed by atoms with van der Waals surface area (Å²) in [5, 5.41) is 26.6. The highest BCUT2D eigenvalue weighted by atomic mass is 19.3. The number of carbonyl (C=O) groups is 2. The largest absolute Gasteiger partial charge is 0.504 e. The van der Waals surface area contributed by atoms with Crippen LogP contribution in [0.1, 0.15) is 20.7 Å². The molecule has 2 aromatic carbocycles. The molecule has 0 spiro atoms. The number of phenols is 3. The molecule has 8 heteroatoms. The van der Waals surface area contributed by atoms with E-state index in [1.165, 1.54) is 24.3 Å². The van der Waals surface area contributed by atoms with Gasteiger partial charge in [0.1, 0.15) is 12.6 Å². The minimum atomic E-state index is -2.99. The second-order valence-electron chi connectivity index (χ2n) is 4.09. The van der Waals surface area contributed by atoms with Gasteiger partial charge in [0.05, 0.1) is 0 Å². The number of alkyl halides is 2. The standard InChI is InChI=1S/C8H6F2O3.C7H6O3/c9-8(10)13-7-2-1-5(4-11)3-6(7)12;8-4-5-1-2-6(9)7(10)3-5/h1-4,8,12H;1-4,9-10H. The van der Waals surface area contributed by atoms with E-state index in [0.717, 1.165) is 12.1 Å². The number of benzene rings is 2. The van der Waals surface area contributed by atoms with Crippen molar-refractivity contribution in [1.29, 1.82) is 0 Å². The molecule has 0 aliphatic carbocycles. The normalized spacial score (nSPS) is 9.70. The SMILES string of the molecule is O=Cc1ccc(O)c(O)c1.O=Cc1ccc(OC(F)F)c(O)c1. The fourth-order valence-corrected chi connectivity index (χ4v) is 1.42. The Labute approximate surface area is 129 Å². The summed E-state index contributed by atoms with van der Waals surface area (Å²) in [6.45, 7) is -2.99. The molecular weight excluding hydrogens is 314 g/mol. The predicted octanol–water partition coefficient (Wildman–Crippen LogP) is 2.72. The van der Waals surface area contributed by atoms with Gasteiger partial charge in [-0.2, -0.15) is 8.78 Å². The molecule has 0 saturated carbocycles. The van der Waals surface area contributed by atoms with E-state index >= 15 is 0 Å². The number of halogens is 2. The molecule has 3 N–H and O–H groups in total. The zero-order valence-electron chi connectivity index (χ0n) is 11.5. The third-order valence-corrected chi connectivity index (χ3v) is 2.47. The molecule has 0 aliphatic heterocycles. The van der Waals surface area contributed by atoms with Gasteiger partial charge in [-0.05, 0) is 36.4 Å². The van der Waals surface area contributed by atoms with Gasteiger partial charge in [0, 0.05) is 11.1 Å². The molecule has 0 bridgehead atoms. The lowest BCUT2D eigenvalue weighted by molar-refractivity contribution is -0.0512. The summed E-state index contributed by atoms with van der Waals surface area (Å²) in [5.74, 6) is -1.32. The minimum Gasteiger partial charge on any atom is -0.504 e. The van der Waals surface area contributed by atoms with Crippen LogP contribution in [0.25, 0.3) is 0 Å². The summed E-state index contributed by atoms with van der Waals surface area (Å²) in [4.78, 5) is 20.3. The Bertz CT molecular complexity index is 688. The number of aromatic hydroxyl groups is 3. The lowest BCUT2D eigenvalue weighted by Crippen LogP contribution is -2.02. The average Bonchev–Trinajstić information content (AvgIpc) is 2.52. The molecular formula is C15H12F2O6. The maximum atomic E-state index is 11.7. The van der Waals surface area contributed by atoms with Gasteiger partial charge in [0.2, 0.25) is 0 Å². The molecule has 2 aromatic rings. The highest BCUT2D eigenvalue weighted by Gasteiger charge is 2.08. The van der Waals surface area contributed by atoms with Gasteiger partial charge in [-0.25, -0.2) is 0 Å². The smallest absolute Gasteiger partial charge is 0.387 e. The van der Waals surface area contributed by atoms with Crippen LogP contribution in [-0.2, 0) is 0 Å². The van der Waals surface area contributed by atoms with Gasteiger partial charge in [0.15, 0.2) is 23.0 Å². The first-order chi connectivity index (χ1) is 10.9. The molecule has 122 valence electrons. The summed E-state index contributed by atoms with van der Waals surface area (Å²) >= 11 is 0. The molecule has 0 unspecified atom stereocenters. The first-order valence-corrected chi connectivity index (χ1v) is 6.07. The van der Waals surface area contributed by atoms with Crippen molar-refractivity contribution in [2.45, 2.75) is 6.61 Å².